The van der Waals surface area contributed by atoms with E-state index in [0.29, 0.717) is 5.01 Å². The third-order valence-corrected chi connectivity index (χ3v) is 3.29. The summed E-state index contributed by atoms with van der Waals surface area (Å²) in [7, 11) is 1.32. The maximum Gasteiger partial charge on any atom is 0.357 e. The molecule has 5 nitrogen and oxygen atoms in total. The third kappa shape index (κ3) is 3.53. The number of amides is 1. The van der Waals surface area contributed by atoms with Crippen molar-refractivity contribution in [2.75, 3.05) is 7.11 Å². The van der Waals surface area contributed by atoms with Crippen LogP contribution in [0.2, 0.25) is 0 Å². The van der Waals surface area contributed by atoms with E-state index >= 15 is 0 Å². The number of rotatable bonds is 3. The van der Waals surface area contributed by atoms with Gasteiger partial charge in [0.1, 0.15) is 5.01 Å². The van der Waals surface area contributed by atoms with E-state index in [2.05, 4.69) is 15.0 Å². The van der Waals surface area contributed by atoms with E-state index in [9.17, 15) is 9.59 Å². The van der Waals surface area contributed by atoms with Gasteiger partial charge in [0.2, 0.25) is 5.91 Å². The summed E-state index contributed by atoms with van der Waals surface area (Å²) in [6.45, 7) is 7.49. The molecule has 0 fully saturated rings. The van der Waals surface area contributed by atoms with Crippen molar-refractivity contribution in [3.05, 3.63) is 16.1 Å². The molecule has 0 saturated carbocycles. The Morgan fingerprint density at radius 1 is 1.44 bits per heavy atom. The molecule has 0 saturated heterocycles. The van der Waals surface area contributed by atoms with Gasteiger partial charge in [0.05, 0.1) is 13.2 Å². The second-order valence-corrected chi connectivity index (χ2v) is 5.95. The fourth-order valence-electron chi connectivity index (χ4n) is 1.47. The summed E-state index contributed by atoms with van der Waals surface area (Å²) in [6, 6.07) is -0.224. The SMILES string of the molecule is COC(=O)c1csc(C(NC(C)=O)C(C)(C)C)n1. The molecule has 0 radical (unpaired) electrons. The highest BCUT2D eigenvalue weighted by Crippen LogP contribution is 2.34. The number of nitrogens with one attached hydrogen (secondary N) is 1. The molecular formula is C12H18N2O3S. The van der Waals surface area contributed by atoms with Crippen LogP contribution in [-0.4, -0.2) is 24.0 Å². The van der Waals surface area contributed by atoms with E-state index in [1.165, 1.54) is 25.4 Å². The Kier molecular flexibility index (Phi) is 4.45. The number of hydrogen-bond donors (Lipinski definition) is 1. The van der Waals surface area contributed by atoms with Crippen molar-refractivity contribution >= 4 is 23.2 Å². The maximum absolute atomic E-state index is 11.4. The van der Waals surface area contributed by atoms with E-state index in [4.69, 9.17) is 0 Å². The van der Waals surface area contributed by atoms with Crippen molar-refractivity contribution < 1.29 is 14.3 Å². The van der Waals surface area contributed by atoms with Crippen molar-refractivity contribution in [2.45, 2.75) is 33.7 Å². The first-order chi connectivity index (χ1) is 8.25. The molecule has 1 atom stereocenters. The minimum atomic E-state index is -0.465. The molecule has 0 spiro atoms. The molecule has 0 aromatic carbocycles. The topological polar surface area (TPSA) is 68.3 Å². The number of ether oxygens (including phenoxy) is 1. The zero-order chi connectivity index (χ0) is 13.9. The number of hydrogen-bond acceptors (Lipinski definition) is 5. The van der Waals surface area contributed by atoms with Crippen molar-refractivity contribution in [2.24, 2.45) is 5.41 Å². The molecule has 1 rings (SSSR count). The Morgan fingerprint density at radius 2 is 2.06 bits per heavy atom. The summed E-state index contributed by atoms with van der Waals surface area (Å²) >= 11 is 1.34. The number of aromatic nitrogens is 1. The van der Waals surface area contributed by atoms with E-state index < -0.39 is 5.97 Å². The summed E-state index contributed by atoms with van der Waals surface area (Å²) in [6.07, 6.45) is 0. The summed E-state index contributed by atoms with van der Waals surface area (Å²) in [4.78, 5) is 26.8. The van der Waals surface area contributed by atoms with Crippen LogP contribution < -0.4 is 5.32 Å². The largest absolute Gasteiger partial charge is 0.464 e. The fraction of sp³-hybridized carbons (Fsp3) is 0.583. The lowest BCUT2D eigenvalue weighted by Crippen LogP contribution is -2.35. The third-order valence-electron chi connectivity index (χ3n) is 2.38. The Bertz CT molecular complexity index is 448. The van der Waals surface area contributed by atoms with Crippen LogP contribution in [-0.2, 0) is 9.53 Å². The molecule has 0 bridgehead atoms. The Balaban J connectivity index is 3.03. The molecule has 100 valence electrons. The molecule has 1 amide bonds. The molecular weight excluding hydrogens is 252 g/mol. The summed E-state index contributed by atoms with van der Waals surface area (Å²) < 4.78 is 4.61. The summed E-state index contributed by atoms with van der Waals surface area (Å²) in [5, 5.41) is 5.21. The summed E-state index contributed by atoms with van der Waals surface area (Å²) in [5.74, 6) is -0.585. The van der Waals surface area contributed by atoms with Gasteiger partial charge < -0.3 is 10.1 Å². The van der Waals surface area contributed by atoms with Gasteiger partial charge >= 0.3 is 5.97 Å². The number of carbonyl (C=O) groups is 2. The molecule has 1 aromatic rings. The highest BCUT2D eigenvalue weighted by atomic mass is 32.1. The van der Waals surface area contributed by atoms with Gasteiger partial charge in [-0.15, -0.1) is 11.3 Å². The second-order valence-electron chi connectivity index (χ2n) is 5.06. The predicted molar refractivity (Wildman–Crippen MR) is 69.5 cm³/mol. The van der Waals surface area contributed by atoms with Crippen molar-refractivity contribution in [3.63, 3.8) is 0 Å². The molecule has 0 aliphatic heterocycles. The van der Waals surface area contributed by atoms with Gasteiger partial charge in [-0.05, 0) is 5.41 Å². The van der Waals surface area contributed by atoms with Crippen LogP contribution in [0, 0.1) is 5.41 Å². The standard InChI is InChI=1S/C12H18N2O3S/c1-7(15)13-9(12(2,3)4)10-14-8(6-18-10)11(16)17-5/h6,9H,1-5H3,(H,13,15). The van der Waals surface area contributed by atoms with Crippen LogP contribution in [0.25, 0.3) is 0 Å². The first kappa shape index (κ1) is 14.6. The average Bonchev–Trinajstić information content (AvgIpc) is 2.72. The average molecular weight is 270 g/mol. The van der Waals surface area contributed by atoms with Gasteiger partial charge in [0.15, 0.2) is 5.69 Å². The zero-order valence-electron chi connectivity index (χ0n) is 11.2. The minimum Gasteiger partial charge on any atom is -0.464 e. The van der Waals surface area contributed by atoms with Crippen LogP contribution in [0.5, 0.6) is 0 Å². The normalized spacial score (nSPS) is 12.9. The number of nitrogens with zero attached hydrogens (tertiary/aromatic N) is 1. The van der Waals surface area contributed by atoms with Gasteiger partial charge in [-0.1, -0.05) is 20.8 Å². The number of methoxy groups -OCH3 is 1. The van der Waals surface area contributed by atoms with E-state index in [1.807, 2.05) is 20.8 Å². The number of carbonyl (C=O) groups excluding carboxylic acids is 2. The van der Waals surface area contributed by atoms with Crippen molar-refractivity contribution in [1.29, 1.82) is 0 Å². The molecule has 0 aliphatic carbocycles. The lowest BCUT2D eigenvalue weighted by Gasteiger charge is -2.29. The van der Waals surface area contributed by atoms with Gasteiger partial charge in [0, 0.05) is 12.3 Å². The molecule has 1 heterocycles. The maximum atomic E-state index is 11.4. The van der Waals surface area contributed by atoms with Crippen LogP contribution >= 0.6 is 11.3 Å². The first-order valence-electron chi connectivity index (χ1n) is 5.56. The zero-order valence-corrected chi connectivity index (χ0v) is 12.1. The Labute approximate surface area is 111 Å². The lowest BCUT2D eigenvalue weighted by molar-refractivity contribution is -0.120. The predicted octanol–water partition coefficient (Wildman–Crippen LogP) is 2.15. The minimum absolute atomic E-state index is 0.121. The van der Waals surface area contributed by atoms with Crippen LogP contribution in [0.3, 0.4) is 0 Å². The van der Waals surface area contributed by atoms with Crippen molar-refractivity contribution in [1.82, 2.24) is 10.3 Å². The van der Waals surface area contributed by atoms with Crippen molar-refractivity contribution in [3.8, 4) is 0 Å². The van der Waals surface area contributed by atoms with Gasteiger partial charge in [-0.3, -0.25) is 4.79 Å². The fourth-order valence-corrected chi connectivity index (χ4v) is 2.55. The van der Waals surface area contributed by atoms with E-state index in [1.54, 1.807) is 5.38 Å². The van der Waals surface area contributed by atoms with E-state index in [-0.39, 0.29) is 23.1 Å². The molecule has 1 N–H and O–H groups in total. The first-order valence-corrected chi connectivity index (χ1v) is 6.44. The van der Waals surface area contributed by atoms with Crippen LogP contribution in [0.15, 0.2) is 5.38 Å². The highest BCUT2D eigenvalue weighted by Gasteiger charge is 2.30. The monoisotopic (exact) mass is 270 g/mol. The molecule has 18 heavy (non-hydrogen) atoms. The van der Waals surface area contributed by atoms with Crippen LogP contribution in [0.1, 0.15) is 49.2 Å². The number of esters is 1. The smallest absolute Gasteiger partial charge is 0.357 e. The van der Waals surface area contributed by atoms with Gasteiger partial charge in [0.25, 0.3) is 0 Å². The highest BCUT2D eigenvalue weighted by molar-refractivity contribution is 7.09. The molecule has 6 heteroatoms. The summed E-state index contributed by atoms with van der Waals surface area (Å²) in [5.41, 5.74) is 0.0915. The molecule has 0 aliphatic rings. The molecule has 1 aromatic heterocycles. The Morgan fingerprint density at radius 3 is 2.50 bits per heavy atom. The second kappa shape index (κ2) is 5.48. The van der Waals surface area contributed by atoms with Crippen LogP contribution in [0.4, 0.5) is 0 Å². The van der Waals surface area contributed by atoms with Gasteiger partial charge in [-0.2, -0.15) is 0 Å². The quantitative estimate of drug-likeness (QED) is 0.854. The molecule has 1 unspecified atom stereocenters. The van der Waals surface area contributed by atoms with E-state index in [0.717, 1.165) is 0 Å². The Hall–Kier alpha value is -1.43. The number of thiazole rings is 1. The lowest BCUT2D eigenvalue weighted by atomic mass is 9.87. The van der Waals surface area contributed by atoms with Gasteiger partial charge in [-0.25, -0.2) is 9.78 Å².